The molecule has 1 rings (SSSR count). The Labute approximate surface area is 140 Å². The van der Waals surface area contributed by atoms with Crippen molar-refractivity contribution < 1.29 is 18.4 Å². The minimum Gasteiger partial charge on any atom is -0.397 e. The van der Waals surface area contributed by atoms with E-state index in [1.807, 2.05) is 32.0 Å². The van der Waals surface area contributed by atoms with Gasteiger partial charge in [0.1, 0.15) is 11.3 Å². The van der Waals surface area contributed by atoms with Gasteiger partial charge in [0.2, 0.25) is 0 Å². The molecule has 0 saturated heterocycles. The molecule has 128 valence electrons. The van der Waals surface area contributed by atoms with Gasteiger partial charge in [-0.25, -0.2) is 0 Å². The molecule has 0 aliphatic rings. The van der Waals surface area contributed by atoms with Crippen molar-refractivity contribution in [3.05, 3.63) is 35.9 Å². The molecule has 0 radical (unpaired) electrons. The maximum atomic E-state index is 13.0. The first-order valence-electron chi connectivity index (χ1n) is 8.28. The Bertz CT molecular complexity index is 497. The predicted octanol–water partition coefficient (Wildman–Crippen LogP) is 4.14. The molecule has 1 atom stereocenters. The first-order chi connectivity index (χ1) is 11.1. The summed E-state index contributed by atoms with van der Waals surface area (Å²) in [5.41, 5.74) is -0.254. The van der Waals surface area contributed by atoms with E-state index in [1.165, 1.54) is 0 Å². The summed E-state index contributed by atoms with van der Waals surface area (Å²) in [5, 5.41) is 0. The monoisotopic (exact) mass is 336 g/mol. The van der Waals surface area contributed by atoms with Crippen LogP contribution in [0.2, 0.25) is 11.6 Å². The molecule has 0 bridgehead atoms. The second-order valence-corrected chi connectivity index (χ2v) is 9.22. The molecule has 0 spiro atoms. The van der Waals surface area contributed by atoms with Gasteiger partial charge in [-0.05, 0) is 12.5 Å². The third-order valence-corrected chi connectivity index (χ3v) is 8.19. The van der Waals surface area contributed by atoms with E-state index in [1.54, 1.807) is 26.4 Å². The fourth-order valence-corrected chi connectivity index (χ4v) is 6.10. The van der Waals surface area contributed by atoms with Gasteiger partial charge in [0, 0.05) is 26.2 Å². The van der Waals surface area contributed by atoms with Crippen molar-refractivity contribution in [3.8, 4) is 0 Å². The maximum absolute atomic E-state index is 13.0. The van der Waals surface area contributed by atoms with E-state index in [2.05, 4.69) is 0 Å². The summed E-state index contributed by atoms with van der Waals surface area (Å²) < 4.78 is 11.4. The fourth-order valence-electron chi connectivity index (χ4n) is 2.87. The lowest BCUT2D eigenvalue weighted by atomic mass is 10.0. The molecule has 0 N–H and O–H groups in total. The first-order valence-corrected chi connectivity index (χ1v) is 10.4. The summed E-state index contributed by atoms with van der Waals surface area (Å²) in [6.45, 7) is 4.05. The van der Waals surface area contributed by atoms with Crippen molar-refractivity contribution in [2.75, 3.05) is 14.2 Å². The average molecular weight is 337 g/mol. The molecule has 0 aliphatic carbocycles. The van der Waals surface area contributed by atoms with Gasteiger partial charge in [-0.15, -0.1) is 0 Å². The van der Waals surface area contributed by atoms with Crippen LogP contribution in [0.5, 0.6) is 0 Å². The third-order valence-electron chi connectivity index (χ3n) is 4.15. The average Bonchev–Trinajstić information content (AvgIpc) is 2.59. The third kappa shape index (κ3) is 4.83. The molecule has 0 fully saturated rings. The number of hydrogen-bond donors (Lipinski definition) is 0. The largest absolute Gasteiger partial charge is 0.397 e. The molecular weight excluding hydrogens is 308 g/mol. The van der Waals surface area contributed by atoms with Crippen molar-refractivity contribution in [2.45, 2.75) is 51.1 Å². The van der Waals surface area contributed by atoms with Crippen molar-refractivity contribution in [2.24, 2.45) is 0 Å². The van der Waals surface area contributed by atoms with Crippen LogP contribution in [0.1, 0.15) is 49.9 Å². The van der Waals surface area contributed by atoms with Gasteiger partial charge in [0.15, 0.2) is 5.78 Å². The quantitative estimate of drug-likeness (QED) is 0.346. The number of Topliss-reactive ketones (excluding diaryl/α,β-unsaturated/α-hetero) is 2. The van der Waals surface area contributed by atoms with E-state index in [4.69, 9.17) is 8.85 Å². The van der Waals surface area contributed by atoms with Gasteiger partial charge in [-0.2, -0.15) is 0 Å². The van der Waals surface area contributed by atoms with E-state index >= 15 is 0 Å². The van der Waals surface area contributed by atoms with Gasteiger partial charge in [0.05, 0.1) is 0 Å². The Hall–Kier alpha value is -1.30. The van der Waals surface area contributed by atoms with E-state index < -0.39 is 14.1 Å². The molecule has 0 aliphatic heterocycles. The molecule has 0 saturated carbocycles. The van der Waals surface area contributed by atoms with Crippen LogP contribution >= 0.6 is 0 Å². The number of unbranched alkanes of at least 4 members (excludes halogenated alkanes) is 1. The molecule has 0 heterocycles. The molecular formula is C18H28O4Si. The smallest absolute Gasteiger partial charge is 0.356 e. The van der Waals surface area contributed by atoms with Crippen molar-refractivity contribution in [1.82, 2.24) is 0 Å². The zero-order chi connectivity index (χ0) is 17.3. The fraction of sp³-hybridized carbons (Fsp3) is 0.556. The Morgan fingerprint density at radius 1 is 1.04 bits per heavy atom. The van der Waals surface area contributed by atoms with Crippen LogP contribution < -0.4 is 0 Å². The summed E-state index contributed by atoms with van der Waals surface area (Å²) in [6, 6.07) is 9.60. The lowest BCUT2D eigenvalue weighted by Crippen LogP contribution is -2.51. The lowest BCUT2D eigenvalue weighted by molar-refractivity contribution is -0.118. The molecule has 23 heavy (non-hydrogen) atoms. The Morgan fingerprint density at radius 2 is 1.65 bits per heavy atom. The molecule has 4 nitrogen and oxygen atoms in total. The van der Waals surface area contributed by atoms with Crippen LogP contribution in [0.15, 0.2) is 30.3 Å². The van der Waals surface area contributed by atoms with E-state index in [0.29, 0.717) is 18.0 Å². The molecule has 0 aromatic heterocycles. The number of benzene rings is 1. The second kappa shape index (κ2) is 9.75. The Balaban J connectivity index is 3.24. The minimum atomic E-state index is -2.93. The minimum absolute atomic E-state index is 0.0514. The molecule has 1 aromatic rings. The SMILES string of the molecule is CCCCC(=O)C(C(=O)c1ccccc1)[Si](CCC)(OC)OC. The number of carbonyl (C=O) groups excluding carboxylic acids is 2. The lowest BCUT2D eigenvalue weighted by Gasteiger charge is -2.33. The summed E-state index contributed by atoms with van der Waals surface area (Å²) in [5.74, 6) is -0.222. The van der Waals surface area contributed by atoms with Crippen molar-refractivity contribution in [1.29, 1.82) is 0 Å². The summed E-state index contributed by atoms with van der Waals surface area (Å²) in [4.78, 5) is 25.9. The number of hydrogen-bond acceptors (Lipinski definition) is 4. The van der Waals surface area contributed by atoms with Crippen LogP contribution in [-0.2, 0) is 13.6 Å². The topological polar surface area (TPSA) is 52.6 Å². The first kappa shape index (κ1) is 19.7. The summed E-state index contributed by atoms with van der Waals surface area (Å²) in [7, 11) is 0.188. The van der Waals surface area contributed by atoms with Crippen LogP contribution in [-0.4, -0.2) is 34.3 Å². The second-order valence-electron chi connectivity index (χ2n) is 5.70. The van der Waals surface area contributed by atoms with E-state index in [9.17, 15) is 9.59 Å². The normalized spacial score (nSPS) is 12.9. The molecule has 1 unspecified atom stereocenters. The summed E-state index contributed by atoms with van der Waals surface area (Å²) in [6.07, 6.45) is 2.90. The highest BCUT2D eigenvalue weighted by Gasteiger charge is 2.51. The number of ketones is 2. The van der Waals surface area contributed by atoms with E-state index in [-0.39, 0.29) is 11.6 Å². The van der Waals surface area contributed by atoms with Crippen LogP contribution in [0.3, 0.4) is 0 Å². The van der Waals surface area contributed by atoms with Gasteiger partial charge >= 0.3 is 8.56 Å². The molecule has 5 heteroatoms. The molecule has 1 aromatic carbocycles. The van der Waals surface area contributed by atoms with Gasteiger partial charge in [0.25, 0.3) is 0 Å². The van der Waals surface area contributed by atoms with Crippen LogP contribution in [0, 0.1) is 0 Å². The zero-order valence-electron chi connectivity index (χ0n) is 14.6. The highest BCUT2D eigenvalue weighted by molar-refractivity contribution is 6.77. The standard InChI is InChI=1S/C18H28O4Si/c1-5-7-13-16(19)18(23(21-3,22-4)14-6-2)17(20)15-11-9-8-10-12-15/h8-12,18H,5-7,13-14H2,1-4H3. The Kier molecular flexibility index (Phi) is 8.37. The van der Waals surface area contributed by atoms with Crippen molar-refractivity contribution >= 4 is 20.1 Å². The number of carbonyl (C=O) groups is 2. The van der Waals surface area contributed by atoms with Gasteiger partial charge < -0.3 is 8.85 Å². The summed E-state index contributed by atoms with van der Waals surface area (Å²) >= 11 is 0. The van der Waals surface area contributed by atoms with Crippen LogP contribution in [0.25, 0.3) is 0 Å². The number of rotatable bonds is 11. The highest BCUT2D eigenvalue weighted by Crippen LogP contribution is 2.34. The van der Waals surface area contributed by atoms with Crippen LogP contribution in [0.4, 0.5) is 0 Å². The van der Waals surface area contributed by atoms with Gasteiger partial charge in [-0.1, -0.05) is 57.0 Å². The predicted molar refractivity (Wildman–Crippen MR) is 93.9 cm³/mol. The zero-order valence-corrected chi connectivity index (χ0v) is 15.6. The highest BCUT2D eigenvalue weighted by atomic mass is 28.4. The van der Waals surface area contributed by atoms with Gasteiger partial charge in [-0.3, -0.25) is 9.59 Å². The van der Waals surface area contributed by atoms with E-state index in [0.717, 1.165) is 19.3 Å². The Morgan fingerprint density at radius 3 is 2.13 bits per heavy atom. The molecule has 0 amide bonds. The maximum Gasteiger partial charge on any atom is 0.356 e. The van der Waals surface area contributed by atoms with Crippen molar-refractivity contribution in [3.63, 3.8) is 0 Å².